The van der Waals surface area contributed by atoms with Crippen molar-refractivity contribution in [3.63, 3.8) is 0 Å². The minimum absolute atomic E-state index is 0.472. The van der Waals surface area contributed by atoms with E-state index in [4.69, 9.17) is 4.42 Å². The van der Waals surface area contributed by atoms with Gasteiger partial charge in [0.15, 0.2) is 0 Å². The summed E-state index contributed by atoms with van der Waals surface area (Å²) < 4.78 is 6.49. The van der Waals surface area contributed by atoms with Crippen LogP contribution in [0, 0.1) is 0 Å². The van der Waals surface area contributed by atoms with Gasteiger partial charge in [-0.1, -0.05) is 182 Å². The van der Waals surface area contributed by atoms with Gasteiger partial charge in [-0.25, -0.2) is 0 Å². The molecule has 0 fully saturated rings. The van der Waals surface area contributed by atoms with Gasteiger partial charge in [0, 0.05) is 27.7 Å². The van der Waals surface area contributed by atoms with Gasteiger partial charge in [0.1, 0.15) is 11.2 Å². The molecule has 0 N–H and O–H groups in total. The maximum Gasteiger partial charge on any atom is 0.136 e. The van der Waals surface area contributed by atoms with Gasteiger partial charge in [0.05, 0.1) is 11.1 Å². The average Bonchev–Trinajstić information content (AvgIpc) is 3.99. The van der Waals surface area contributed by atoms with E-state index in [1.54, 1.807) is 0 Å². The van der Waals surface area contributed by atoms with E-state index < -0.39 is 5.41 Å². The SMILES string of the molecule is c1ccc(N(c2ccc3c(c2)C2(c4ccccc4-c4ccccc42)c2ccccc2-3)c2ccc3c4ccccc4c4ccccc4c3c2)c(-c2cccc3oc4ccccc4c23)c1. The van der Waals surface area contributed by atoms with Gasteiger partial charge in [0.25, 0.3) is 0 Å². The molecule has 14 rings (SSSR count). The molecule has 0 bridgehead atoms. The number of hydrogen-bond donors (Lipinski definition) is 0. The highest BCUT2D eigenvalue weighted by atomic mass is 16.3. The first-order valence-electron chi connectivity index (χ1n) is 21.8. The van der Waals surface area contributed by atoms with E-state index in [1.165, 1.54) is 76.8 Å². The standard InChI is InChI=1S/C61H37NO/c1-2-18-42-40(16-1)41-17-3-4-19-43(41)52-36-38(32-34-44(42)52)62(57-29-13-8-23-49(57)50-25-15-31-59-60(50)51-24-9-14-30-58(51)63-59)39-33-35-48-47-22-7-12-28-55(47)61(56(48)37-39)53-26-10-5-20-45(53)46-21-6-11-27-54(46)61/h1-37H. The zero-order chi connectivity index (χ0) is 41.2. The summed E-state index contributed by atoms with van der Waals surface area (Å²) in [5.74, 6) is 0. The molecule has 292 valence electrons. The Bertz CT molecular complexity index is 3790. The molecule has 12 aromatic rings. The molecule has 0 radical (unpaired) electrons. The second-order valence-corrected chi connectivity index (χ2v) is 17.1. The van der Waals surface area contributed by atoms with E-state index >= 15 is 0 Å². The highest BCUT2D eigenvalue weighted by Gasteiger charge is 2.51. The van der Waals surface area contributed by atoms with Crippen LogP contribution in [0.2, 0.25) is 0 Å². The molecule has 0 aliphatic heterocycles. The van der Waals surface area contributed by atoms with Crippen molar-refractivity contribution in [3.8, 4) is 33.4 Å². The Morgan fingerprint density at radius 1 is 0.286 bits per heavy atom. The lowest BCUT2D eigenvalue weighted by Crippen LogP contribution is -2.26. The minimum atomic E-state index is -0.472. The number of fused-ring (bicyclic) bond motifs is 19. The van der Waals surface area contributed by atoms with Crippen LogP contribution in [-0.2, 0) is 5.41 Å². The number of para-hydroxylation sites is 2. The monoisotopic (exact) mass is 799 g/mol. The summed E-state index contributed by atoms with van der Waals surface area (Å²) in [5, 5.41) is 9.77. The average molecular weight is 800 g/mol. The predicted octanol–water partition coefficient (Wildman–Crippen LogP) is 16.5. The maximum atomic E-state index is 6.49. The number of rotatable bonds is 4. The molecule has 63 heavy (non-hydrogen) atoms. The fourth-order valence-electron chi connectivity index (χ4n) is 11.6. The van der Waals surface area contributed by atoms with Crippen LogP contribution in [-0.4, -0.2) is 0 Å². The van der Waals surface area contributed by atoms with Crippen molar-refractivity contribution >= 4 is 71.3 Å². The molecule has 0 unspecified atom stereocenters. The number of benzene rings is 11. The summed E-state index contributed by atoms with van der Waals surface area (Å²) in [7, 11) is 0. The molecular weight excluding hydrogens is 763 g/mol. The first-order valence-corrected chi connectivity index (χ1v) is 21.8. The fourth-order valence-corrected chi connectivity index (χ4v) is 11.6. The van der Waals surface area contributed by atoms with E-state index in [0.717, 1.165) is 50.1 Å². The van der Waals surface area contributed by atoms with E-state index in [2.05, 4.69) is 223 Å². The van der Waals surface area contributed by atoms with Gasteiger partial charge in [0.2, 0.25) is 0 Å². The van der Waals surface area contributed by atoms with E-state index in [9.17, 15) is 0 Å². The summed E-state index contributed by atoms with van der Waals surface area (Å²) in [5.41, 5.74) is 17.4. The lowest BCUT2D eigenvalue weighted by atomic mass is 9.70. The number of hydrogen-bond acceptors (Lipinski definition) is 2. The van der Waals surface area contributed by atoms with Gasteiger partial charge in [-0.05, 0) is 125 Å². The number of anilines is 3. The summed E-state index contributed by atoms with van der Waals surface area (Å²) >= 11 is 0. The Hall–Kier alpha value is -8.20. The molecular formula is C61H37NO. The van der Waals surface area contributed by atoms with Crippen molar-refractivity contribution in [1.82, 2.24) is 0 Å². The highest BCUT2D eigenvalue weighted by molar-refractivity contribution is 6.26. The zero-order valence-electron chi connectivity index (χ0n) is 34.2. The van der Waals surface area contributed by atoms with Crippen molar-refractivity contribution < 1.29 is 4.42 Å². The lowest BCUT2D eigenvalue weighted by molar-refractivity contribution is 0.669. The molecule has 0 saturated carbocycles. The summed E-state index contributed by atoms with van der Waals surface area (Å²) in [4.78, 5) is 2.50. The third-order valence-corrected chi connectivity index (χ3v) is 14.1. The molecule has 0 atom stereocenters. The molecule has 0 amide bonds. The Labute approximate surface area is 364 Å². The Kier molecular flexibility index (Phi) is 7.07. The molecule has 1 aromatic heterocycles. The van der Waals surface area contributed by atoms with Gasteiger partial charge in [-0.2, -0.15) is 0 Å². The smallest absolute Gasteiger partial charge is 0.136 e. The maximum absolute atomic E-state index is 6.49. The molecule has 1 spiro atoms. The van der Waals surface area contributed by atoms with Crippen LogP contribution in [0.25, 0.3) is 87.6 Å². The van der Waals surface area contributed by atoms with Crippen molar-refractivity contribution in [3.05, 3.63) is 247 Å². The minimum Gasteiger partial charge on any atom is -0.456 e. The van der Waals surface area contributed by atoms with Crippen LogP contribution in [0.5, 0.6) is 0 Å². The molecule has 2 aliphatic carbocycles. The Morgan fingerprint density at radius 3 is 1.38 bits per heavy atom. The number of furan rings is 1. The van der Waals surface area contributed by atoms with Crippen LogP contribution in [0.4, 0.5) is 17.1 Å². The van der Waals surface area contributed by atoms with Gasteiger partial charge >= 0.3 is 0 Å². The van der Waals surface area contributed by atoms with Crippen LogP contribution in [0.15, 0.2) is 229 Å². The summed E-state index contributed by atoms with van der Waals surface area (Å²) in [6, 6.07) is 83.0. The van der Waals surface area contributed by atoms with Crippen LogP contribution >= 0.6 is 0 Å². The quantitative estimate of drug-likeness (QED) is 0.165. The topological polar surface area (TPSA) is 16.4 Å². The summed E-state index contributed by atoms with van der Waals surface area (Å²) in [6.07, 6.45) is 0. The highest BCUT2D eigenvalue weighted by Crippen LogP contribution is 2.63. The second-order valence-electron chi connectivity index (χ2n) is 17.1. The molecule has 0 saturated heterocycles. The van der Waals surface area contributed by atoms with Gasteiger partial charge in [-0.3, -0.25) is 0 Å². The molecule has 2 aliphatic rings. The predicted molar refractivity (Wildman–Crippen MR) is 263 cm³/mol. The molecule has 2 nitrogen and oxygen atoms in total. The van der Waals surface area contributed by atoms with Crippen molar-refractivity contribution in [2.75, 3.05) is 4.90 Å². The van der Waals surface area contributed by atoms with E-state index in [-0.39, 0.29) is 0 Å². The first kappa shape index (κ1) is 34.5. The lowest BCUT2D eigenvalue weighted by Gasteiger charge is -2.33. The third-order valence-electron chi connectivity index (χ3n) is 14.1. The van der Waals surface area contributed by atoms with Crippen molar-refractivity contribution in [2.24, 2.45) is 0 Å². The zero-order valence-corrected chi connectivity index (χ0v) is 34.2. The second kappa shape index (κ2) is 12.9. The van der Waals surface area contributed by atoms with Crippen molar-refractivity contribution in [1.29, 1.82) is 0 Å². The van der Waals surface area contributed by atoms with E-state index in [0.29, 0.717) is 0 Å². The van der Waals surface area contributed by atoms with E-state index in [1.807, 2.05) is 6.07 Å². The molecule has 1 heterocycles. The molecule has 2 heteroatoms. The summed E-state index contributed by atoms with van der Waals surface area (Å²) in [6.45, 7) is 0. The molecule has 11 aromatic carbocycles. The normalized spacial score (nSPS) is 13.2. The Balaban J connectivity index is 1.08. The first-order chi connectivity index (χ1) is 31.3. The van der Waals surface area contributed by atoms with Gasteiger partial charge < -0.3 is 9.32 Å². The van der Waals surface area contributed by atoms with Crippen LogP contribution in [0.1, 0.15) is 22.3 Å². The largest absolute Gasteiger partial charge is 0.456 e. The van der Waals surface area contributed by atoms with Gasteiger partial charge in [-0.15, -0.1) is 0 Å². The third kappa shape index (κ3) is 4.62. The number of nitrogens with zero attached hydrogens (tertiary/aromatic N) is 1. The fraction of sp³-hybridized carbons (Fsp3) is 0.0164. The van der Waals surface area contributed by atoms with Crippen molar-refractivity contribution in [2.45, 2.75) is 5.41 Å². The van der Waals surface area contributed by atoms with Crippen LogP contribution in [0.3, 0.4) is 0 Å². The Morgan fingerprint density at radius 2 is 0.730 bits per heavy atom. The van der Waals surface area contributed by atoms with Crippen LogP contribution < -0.4 is 4.90 Å².